The third-order valence-corrected chi connectivity index (χ3v) is 5.47. The second-order valence-corrected chi connectivity index (χ2v) is 7.50. The molecule has 0 bridgehead atoms. The Balaban J connectivity index is 1.81. The molecule has 0 amide bonds. The van der Waals surface area contributed by atoms with Crippen LogP contribution in [0.1, 0.15) is 55.7 Å². The molecule has 132 valence electrons. The predicted octanol–water partition coefficient (Wildman–Crippen LogP) is 5.63. The van der Waals surface area contributed by atoms with E-state index in [0.717, 1.165) is 21.3 Å². The Kier molecular flexibility index (Phi) is 5.99. The van der Waals surface area contributed by atoms with Gasteiger partial charge in [0, 0.05) is 15.6 Å². The Bertz CT molecular complexity index is 766. The number of hydrogen-bond acceptors (Lipinski definition) is 3. The summed E-state index contributed by atoms with van der Waals surface area (Å²) in [7, 11) is 0. The summed E-state index contributed by atoms with van der Waals surface area (Å²) in [6, 6.07) is 12.2. The van der Waals surface area contributed by atoms with Crippen LogP contribution in [0, 0.1) is 3.57 Å². The van der Waals surface area contributed by atoms with Gasteiger partial charge in [-0.05, 0) is 77.1 Å². The molecule has 0 atom stereocenters. The van der Waals surface area contributed by atoms with Crippen LogP contribution in [0.15, 0.2) is 36.4 Å². The lowest BCUT2D eigenvalue weighted by atomic mass is 10.0. The summed E-state index contributed by atoms with van der Waals surface area (Å²) >= 11 is 2.26. The van der Waals surface area contributed by atoms with Crippen molar-refractivity contribution in [1.82, 2.24) is 0 Å². The molecule has 1 saturated carbocycles. The Morgan fingerprint density at radius 3 is 2.64 bits per heavy atom. The summed E-state index contributed by atoms with van der Waals surface area (Å²) in [5.74, 6) is 1.95. The molecule has 1 aliphatic carbocycles. The Morgan fingerprint density at radius 1 is 1.16 bits per heavy atom. The normalized spacial score (nSPS) is 13.6. The molecule has 0 unspecified atom stereocenters. The Hall–Kier alpha value is -1.56. The van der Waals surface area contributed by atoms with Gasteiger partial charge in [-0.15, -0.1) is 0 Å². The molecule has 3 rings (SSSR count). The van der Waals surface area contributed by atoms with E-state index in [-0.39, 0.29) is 5.97 Å². The van der Waals surface area contributed by atoms with Crippen molar-refractivity contribution in [3.63, 3.8) is 0 Å². The molecular weight excluding hydrogens is 427 g/mol. The highest BCUT2D eigenvalue weighted by Crippen LogP contribution is 2.45. The number of carbonyl (C=O) groups is 1. The van der Waals surface area contributed by atoms with Crippen molar-refractivity contribution in [2.45, 2.75) is 52.1 Å². The zero-order chi connectivity index (χ0) is 17.8. The van der Waals surface area contributed by atoms with Crippen LogP contribution in [0.5, 0.6) is 11.5 Å². The molecule has 0 N–H and O–H groups in total. The van der Waals surface area contributed by atoms with Gasteiger partial charge < -0.3 is 9.47 Å². The topological polar surface area (TPSA) is 35.5 Å². The highest BCUT2D eigenvalue weighted by Gasteiger charge is 2.27. The summed E-state index contributed by atoms with van der Waals surface area (Å²) in [6.07, 6.45) is 3.88. The summed E-state index contributed by atoms with van der Waals surface area (Å²) in [5, 5.41) is 0. The molecule has 0 aliphatic heterocycles. The molecule has 0 spiro atoms. The molecule has 0 aromatic heterocycles. The molecule has 25 heavy (non-hydrogen) atoms. The van der Waals surface area contributed by atoms with Gasteiger partial charge >= 0.3 is 5.97 Å². The average molecular weight is 450 g/mol. The second kappa shape index (κ2) is 8.21. The SMILES string of the molecule is CCC(=O)Oc1cccc(I)c1COc1ccc(CC)cc1C1CC1. The number of aryl methyl sites for hydroxylation is 1. The molecule has 2 aromatic carbocycles. The first-order valence-corrected chi connectivity index (χ1v) is 9.93. The summed E-state index contributed by atoms with van der Waals surface area (Å²) in [4.78, 5) is 11.7. The smallest absolute Gasteiger partial charge is 0.310 e. The maximum Gasteiger partial charge on any atom is 0.310 e. The van der Waals surface area contributed by atoms with E-state index in [4.69, 9.17) is 9.47 Å². The largest absolute Gasteiger partial charge is 0.488 e. The van der Waals surface area contributed by atoms with Crippen molar-refractivity contribution in [3.8, 4) is 11.5 Å². The van der Waals surface area contributed by atoms with Gasteiger partial charge in [0.15, 0.2) is 0 Å². The van der Waals surface area contributed by atoms with Crippen molar-refractivity contribution >= 4 is 28.6 Å². The predicted molar refractivity (Wildman–Crippen MR) is 107 cm³/mol. The number of hydrogen-bond donors (Lipinski definition) is 0. The third kappa shape index (κ3) is 4.54. The molecule has 0 saturated heterocycles. The first-order chi connectivity index (χ1) is 12.1. The second-order valence-electron chi connectivity index (χ2n) is 6.33. The minimum Gasteiger partial charge on any atom is -0.488 e. The molecule has 0 radical (unpaired) electrons. The molecular formula is C21H23IO3. The number of esters is 1. The molecule has 0 heterocycles. The van der Waals surface area contributed by atoms with Gasteiger partial charge in [-0.3, -0.25) is 4.79 Å². The van der Waals surface area contributed by atoms with Gasteiger partial charge in [0.1, 0.15) is 18.1 Å². The van der Waals surface area contributed by atoms with Gasteiger partial charge in [0.2, 0.25) is 0 Å². The molecule has 3 nitrogen and oxygen atoms in total. The monoisotopic (exact) mass is 450 g/mol. The number of rotatable bonds is 7. The Morgan fingerprint density at radius 2 is 1.96 bits per heavy atom. The fourth-order valence-corrected chi connectivity index (χ4v) is 3.41. The minimum absolute atomic E-state index is 0.228. The van der Waals surface area contributed by atoms with E-state index in [1.807, 2.05) is 18.2 Å². The van der Waals surface area contributed by atoms with Crippen molar-refractivity contribution in [3.05, 3.63) is 56.7 Å². The number of ether oxygens (including phenoxy) is 2. The third-order valence-electron chi connectivity index (χ3n) is 4.46. The van der Waals surface area contributed by atoms with Gasteiger partial charge in [-0.25, -0.2) is 0 Å². The first-order valence-electron chi connectivity index (χ1n) is 8.86. The van der Waals surface area contributed by atoms with Gasteiger partial charge in [0.25, 0.3) is 0 Å². The van der Waals surface area contributed by atoms with Crippen molar-refractivity contribution in [1.29, 1.82) is 0 Å². The van der Waals surface area contributed by atoms with Crippen LogP contribution in [-0.4, -0.2) is 5.97 Å². The van der Waals surface area contributed by atoms with E-state index in [2.05, 4.69) is 47.7 Å². The van der Waals surface area contributed by atoms with Crippen LogP contribution >= 0.6 is 22.6 Å². The molecule has 1 aliphatic rings. The zero-order valence-corrected chi connectivity index (χ0v) is 16.8. The lowest BCUT2D eigenvalue weighted by Gasteiger charge is -2.15. The highest BCUT2D eigenvalue weighted by molar-refractivity contribution is 14.1. The first kappa shape index (κ1) is 18.2. The lowest BCUT2D eigenvalue weighted by Crippen LogP contribution is -2.10. The highest BCUT2D eigenvalue weighted by atomic mass is 127. The van der Waals surface area contributed by atoms with Gasteiger partial charge in [0.05, 0.1) is 0 Å². The number of halogens is 1. The van der Waals surface area contributed by atoms with E-state index in [9.17, 15) is 4.79 Å². The number of benzene rings is 2. The van der Waals surface area contributed by atoms with E-state index < -0.39 is 0 Å². The molecule has 1 fully saturated rings. The van der Waals surface area contributed by atoms with E-state index in [0.29, 0.717) is 24.7 Å². The maximum absolute atomic E-state index is 11.7. The van der Waals surface area contributed by atoms with Crippen LogP contribution in [0.25, 0.3) is 0 Å². The van der Waals surface area contributed by atoms with Gasteiger partial charge in [-0.2, -0.15) is 0 Å². The van der Waals surface area contributed by atoms with Crippen LogP contribution in [0.2, 0.25) is 0 Å². The zero-order valence-electron chi connectivity index (χ0n) is 14.7. The lowest BCUT2D eigenvalue weighted by molar-refractivity contribution is -0.134. The molecule has 4 heteroatoms. The minimum atomic E-state index is -0.228. The fraction of sp³-hybridized carbons (Fsp3) is 0.381. The Labute approximate surface area is 162 Å². The van der Waals surface area contributed by atoms with Crippen LogP contribution < -0.4 is 9.47 Å². The average Bonchev–Trinajstić information content (AvgIpc) is 3.46. The van der Waals surface area contributed by atoms with E-state index in [1.165, 1.54) is 24.0 Å². The van der Waals surface area contributed by atoms with E-state index >= 15 is 0 Å². The summed E-state index contributed by atoms with van der Waals surface area (Å²) < 4.78 is 12.7. The van der Waals surface area contributed by atoms with Crippen molar-refractivity contribution in [2.24, 2.45) is 0 Å². The number of carbonyl (C=O) groups excluding carboxylic acids is 1. The fourth-order valence-electron chi connectivity index (χ4n) is 2.78. The quantitative estimate of drug-likeness (QED) is 0.312. The molecule has 2 aromatic rings. The van der Waals surface area contributed by atoms with Crippen LogP contribution in [0.4, 0.5) is 0 Å². The summed E-state index contributed by atoms with van der Waals surface area (Å²) in [5.41, 5.74) is 3.59. The van der Waals surface area contributed by atoms with Gasteiger partial charge in [-0.1, -0.05) is 32.0 Å². The standard InChI is InChI=1S/C21H23IO3/c1-3-14-8-11-19(16(12-14)15-9-10-15)24-13-17-18(22)6-5-7-20(17)25-21(23)4-2/h5-8,11-12,15H,3-4,9-10,13H2,1-2H3. The summed E-state index contributed by atoms with van der Waals surface area (Å²) in [6.45, 7) is 4.37. The van der Waals surface area contributed by atoms with Crippen LogP contribution in [-0.2, 0) is 17.8 Å². The van der Waals surface area contributed by atoms with Crippen molar-refractivity contribution in [2.75, 3.05) is 0 Å². The van der Waals surface area contributed by atoms with Crippen LogP contribution in [0.3, 0.4) is 0 Å². The van der Waals surface area contributed by atoms with Crippen molar-refractivity contribution < 1.29 is 14.3 Å². The van der Waals surface area contributed by atoms with E-state index in [1.54, 1.807) is 6.92 Å². The maximum atomic E-state index is 11.7.